The van der Waals surface area contributed by atoms with Crippen LogP contribution in [-0.4, -0.2) is 47.9 Å². The van der Waals surface area contributed by atoms with Gasteiger partial charge in [0, 0.05) is 32.2 Å². The summed E-state index contributed by atoms with van der Waals surface area (Å²) in [7, 11) is 0. The molecule has 1 atom stereocenters. The van der Waals surface area contributed by atoms with Crippen LogP contribution in [0, 0.1) is 17.2 Å². The highest BCUT2D eigenvalue weighted by Gasteiger charge is 2.30. The van der Waals surface area contributed by atoms with Crippen LogP contribution >= 0.6 is 0 Å². The predicted octanol–water partition coefficient (Wildman–Crippen LogP) is 1.62. The van der Waals surface area contributed by atoms with Crippen molar-refractivity contribution >= 4 is 5.91 Å². The minimum atomic E-state index is -0.442. The van der Waals surface area contributed by atoms with E-state index in [-0.39, 0.29) is 5.91 Å². The highest BCUT2D eigenvalue weighted by atomic mass is 16.2. The first-order valence-electron chi connectivity index (χ1n) is 7.18. The molecule has 1 aliphatic heterocycles. The van der Waals surface area contributed by atoms with Gasteiger partial charge in [0.2, 0.25) is 5.91 Å². The summed E-state index contributed by atoms with van der Waals surface area (Å²) in [5.41, 5.74) is 0. The molecule has 1 saturated heterocycles. The Labute approximate surface area is 110 Å². The van der Waals surface area contributed by atoms with Crippen molar-refractivity contribution in [3.8, 4) is 6.07 Å². The Morgan fingerprint density at radius 2 is 1.89 bits per heavy atom. The summed E-state index contributed by atoms with van der Waals surface area (Å²) in [4.78, 5) is 16.5. The molecule has 18 heavy (non-hydrogen) atoms. The summed E-state index contributed by atoms with van der Waals surface area (Å²) in [5.74, 6) is -0.408. The third-order valence-electron chi connectivity index (χ3n) is 4.33. The van der Waals surface area contributed by atoms with Gasteiger partial charge in [-0.3, -0.25) is 9.69 Å². The normalized spacial score (nSPS) is 23.9. The van der Waals surface area contributed by atoms with E-state index in [2.05, 4.69) is 11.0 Å². The van der Waals surface area contributed by atoms with E-state index in [0.717, 1.165) is 32.2 Å². The lowest BCUT2D eigenvalue weighted by molar-refractivity contribution is -0.135. The number of carbonyl (C=O) groups is 1. The number of hydrogen-bond acceptors (Lipinski definition) is 3. The molecule has 1 saturated carbocycles. The first-order chi connectivity index (χ1) is 8.76. The van der Waals surface area contributed by atoms with Crippen LogP contribution in [0.3, 0.4) is 0 Å². The molecule has 1 heterocycles. The second-order valence-electron chi connectivity index (χ2n) is 5.39. The number of carbonyl (C=O) groups excluding carboxylic acids is 1. The van der Waals surface area contributed by atoms with Gasteiger partial charge >= 0.3 is 0 Å². The molecular formula is C14H23N3O. The molecule has 1 unspecified atom stereocenters. The first kappa shape index (κ1) is 13.4. The molecular weight excluding hydrogens is 226 g/mol. The summed E-state index contributed by atoms with van der Waals surface area (Å²) >= 11 is 0. The van der Waals surface area contributed by atoms with E-state index in [1.807, 2.05) is 11.8 Å². The molecule has 2 rings (SSSR count). The van der Waals surface area contributed by atoms with E-state index in [4.69, 9.17) is 5.26 Å². The Bertz CT molecular complexity index is 322. The van der Waals surface area contributed by atoms with Crippen LogP contribution in [0.1, 0.15) is 39.0 Å². The van der Waals surface area contributed by atoms with Crippen molar-refractivity contribution in [3.63, 3.8) is 0 Å². The van der Waals surface area contributed by atoms with Gasteiger partial charge in [0.25, 0.3) is 0 Å². The molecule has 100 valence electrons. The Kier molecular flexibility index (Phi) is 4.60. The molecule has 0 radical (unpaired) electrons. The average molecular weight is 249 g/mol. The van der Waals surface area contributed by atoms with Crippen molar-refractivity contribution in [2.45, 2.75) is 45.1 Å². The standard InChI is InChI=1S/C14H23N3O/c1-2-12(11-15)14(18)17-9-7-16(8-10-17)13-5-3-4-6-13/h12-13H,2-10H2,1H3. The SMILES string of the molecule is CCC(C#N)C(=O)N1CCN(C2CCCC2)CC1. The Morgan fingerprint density at radius 3 is 2.39 bits per heavy atom. The molecule has 0 N–H and O–H groups in total. The fourth-order valence-electron chi connectivity index (χ4n) is 3.12. The molecule has 4 nitrogen and oxygen atoms in total. The monoisotopic (exact) mass is 249 g/mol. The molecule has 1 amide bonds. The Balaban J connectivity index is 1.82. The predicted molar refractivity (Wildman–Crippen MR) is 69.8 cm³/mol. The smallest absolute Gasteiger partial charge is 0.240 e. The van der Waals surface area contributed by atoms with Crippen LogP contribution in [0.15, 0.2) is 0 Å². The van der Waals surface area contributed by atoms with Crippen molar-refractivity contribution in [2.24, 2.45) is 5.92 Å². The highest BCUT2D eigenvalue weighted by molar-refractivity contribution is 5.81. The molecule has 1 aliphatic carbocycles. The van der Waals surface area contributed by atoms with E-state index < -0.39 is 5.92 Å². The van der Waals surface area contributed by atoms with Gasteiger partial charge in [-0.1, -0.05) is 19.8 Å². The maximum absolute atomic E-state index is 12.1. The number of piperazine rings is 1. The van der Waals surface area contributed by atoms with Gasteiger partial charge in [-0.15, -0.1) is 0 Å². The number of hydrogen-bond donors (Lipinski definition) is 0. The lowest BCUT2D eigenvalue weighted by atomic mass is 10.1. The topological polar surface area (TPSA) is 47.3 Å². The lowest BCUT2D eigenvalue weighted by Crippen LogP contribution is -2.52. The van der Waals surface area contributed by atoms with Gasteiger partial charge in [-0.25, -0.2) is 0 Å². The summed E-state index contributed by atoms with van der Waals surface area (Å²) in [6, 6.07) is 2.86. The summed E-state index contributed by atoms with van der Waals surface area (Å²) < 4.78 is 0. The second kappa shape index (κ2) is 6.19. The minimum absolute atomic E-state index is 0.0334. The highest BCUT2D eigenvalue weighted by Crippen LogP contribution is 2.24. The second-order valence-corrected chi connectivity index (χ2v) is 5.39. The van der Waals surface area contributed by atoms with Gasteiger partial charge in [0.1, 0.15) is 5.92 Å². The summed E-state index contributed by atoms with van der Waals surface area (Å²) in [5, 5.41) is 8.94. The largest absolute Gasteiger partial charge is 0.339 e. The Morgan fingerprint density at radius 1 is 1.28 bits per heavy atom. The maximum atomic E-state index is 12.1. The molecule has 4 heteroatoms. The number of rotatable bonds is 3. The van der Waals surface area contributed by atoms with Crippen LogP contribution in [0.5, 0.6) is 0 Å². The number of amides is 1. The van der Waals surface area contributed by atoms with Gasteiger partial charge < -0.3 is 4.90 Å². The van der Waals surface area contributed by atoms with E-state index in [0.29, 0.717) is 6.42 Å². The molecule has 2 fully saturated rings. The zero-order valence-corrected chi connectivity index (χ0v) is 11.3. The quantitative estimate of drug-likeness (QED) is 0.763. The molecule has 2 aliphatic rings. The fraction of sp³-hybridized carbons (Fsp3) is 0.857. The van der Waals surface area contributed by atoms with Crippen LogP contribution in [0.4, 0.5) is 0 Å². The van der Waals surface area contributed by atoms with Crippen LogP contribution in [0.2, 0.25) is 0 Å². The fourth-order valence-corrected chi connectivity index (χ4v) is 3.12. The summed E-state index contributed by atoms with van der Waals surface area (Å²) in [6.07, 6.45) is 5.98. The first-order valence-corrected chi connectivity index (χ1v) is 7.18. The molecule has 0 spiro atoms. The van der Waals surface area contributed by atoms with Crippen molar-refractivity contribution in [1.82, 2.24) is 9.80 Å². The lowest BCUT2D eigenvalue weighted by Gasteiger charge is -2.38. The van der Waals surface area contributed by atoms with E-state index in [1.165, 1.54) is 25.7 Å². The summed E-state index contributed by atoms with van der Waals surface area (Å²) in [6.45, 7) is 5.47. The van der Waals surface area contributed by atoms with Gasteiger partial charge in [-0.05, 0) is 19.3 Å². The van der Waals surface area contributed by atoms with E-state index in [1.54, 1.807) is 0 Å². The molecule has 0 bridgehead atoms. The zero-order valence-electron chi connectivity index (χ0n) is 11.3. The van der Waals surface area contributed by atoms with Crippen molar-refractivity contribution in [2.75, 3.05) is 26.2 Å². The molecule has 0 aromatic carbocycles. The zero-order chi connectivity index (χ0) is 13.0. The molecule has 0 aromatic heterocycles. The number of nitrogens with zero attached hydrogens (tertiary/aromatic N) is 3. The Hall–Kier alpha value is -1.08. The minimum Gasteiger partial charge on any atom is -0.339 e. The third-order valence-corrected chi connectivity index (χ3v) is 4.33. The number of nitriles is 1. The van der Waals surface area contributed by atoms with Crippen molar-refractivity contribution in [3.05, 3.63) is 0 Å². The average Bonchev–Trinajstić information content (AvgIpc) is 2.94. The van der Waals surface area contributed by atoms with Crippen molar-refractivity contribution < 1.29 is 4.79 Å². The van der Waals surface area contributed by atoms with Crippen molar-refractivity contribution in [1.29, 1.82) is 5.26 Å². The van der Waals surface area contributed by atoms with Crippen LogP contribution in [0.25, 0.3) is 0 Å². The van der Waals surface area contributed by atoms with Crippen LogP contribution < -0.4 is 0 Å². The van der Waals surface area contributed by atoms with E-state index in [9.17, 15) is 4.79 Å². The maximum Gasteiger partial charge on any atom is 0.240 e. The van der Waals surface area contributed by atoms with Gasteiger partial charge in [0.15, 0.2) is 0 Å². The van der Waals surface area contributed by atoms with Gasteiger partial charge in [0.05, 0.1) is 6.07 Å². The van der Waals surface area contributed by atoms with Gasteiger partial charge in [-0.2, -0.15) is 5.26 Å². The molecule has 0 aromatic rings. The third kappa shape index (κ3) is 2.84. The van der Waals surface area contributed by atoms with Crippen LogP contribution in [-0.2, 0) is 4.79 Å². The van der Waals surface area contributed by atoms with E-state index >= 15 is 0 Å².